The lowest BCUT2D eigenvalue weighted by Gasteiger charge is -2.36. The molecular formula is C17H28Cl2N6O. The Labute approximate surface area is 165 Å². The average Bonchev–Trinajstić information content (AvgIpc) is 2.57. The molecule has 1 aromatic carbocycles. The number of carbonyl (C=O) groups is 1. The Morgan fingerprint density at radius 2 is 1.96 bits per heavy atom. The maximum Gasteiger partial charge on any atom is 0.321 e. The standard InChI is InChI=1S/C17H28Cl2N6O/c1-11-9-15(21-8-4-3-7-20-2)24-16(22-11)25-17(26)23-12-5-6-13(18)14(19)10-12/h5-6,10-11,15-16,20-22,24H,3-4,7-9H2,1-2H3,(H2,23,25,26). The molecule has 3 atom stereocenters. The predicted molar refractivity (Wildman–Crippen MR) is 108 cm³/mol. The lowest BCUT2D eigenvalue weighted by Crippen LogP contribution is -2.67. The van der Waals surface area contributed by atoms with Crippen molar-refractivity contribution in [3.63, 3.8) is 0 Å². The summed E-state index contributed by atoms with van der Waals surface area (Å²) in [7, 11) is 1.96. The lowest BCUT2D eigenvalue weighted by atomic mass is 10.1. The van der Waals surface area contributed by atoms with Gasteiger partial charge in [-0.25, -0.2) is 4.79 Å². The van der Waals surface area contributed by atoms with E-state index in [9.17, 15) is 4.79 Å². The van der Waals surface area contributed by atoms with Crippen molar-refractivity contribution in [2.24, 2.45) is 0 Å². The van der Waals surface area contributed by atoms with Crippen LogP contribution in [0.25, 0.3) is 0 Å². The number of nitrogens with one attached hydrogen (secondary N) is 6. The van der Waals surface area contributed by atoms with Crippen LogP contribution < -0.4 is 31.9 Å². The second kappa shape index (κ2) is 10.9. The van der Waals surface area contributed by atoms with Crippen LogP contribution in [-0.4, -0.2) is 44.7 Å². The normalized spacial score (nSPS) is 22.8. The highest BCUT2D eigenvalue weighted by Crippen LogP contribution is 2.24. The van der Waals surface area contributed by atoms with Crippen LogP contribution in [0.15, 0.2) is 18.2 Å². The highest BCUT2D eigenvalue weighted by atomic mass is 35.5. The highest BCUT2D eigenvalue weighted by Gasteiger charge is 2.25. The zero-order chi connectivity index (χ0) is 18.9. The molecule has 26 heavy (non-hydrogen) atoms. The van der Waals surface area contributed by atoms with Crippen molar-refractivity contribution in [2.75, 3.05) is 25.5 Å². The first-order chi connectivity index (χ1) is 12.5. The SMILES string of the molecule is CNCCCCNC1CC(C)NC(NC(=O)Nc2ccc(Cl)c(Cl)c2)N1. The van der Waals surface area contributed by atoms with Gasteiger partial charge in [-0.2, -0.15) is 0 Å². The molecule has 2 rings (SSSR count). The molecule has 0 spiro atoms. The number of unbranched alkanes of at least 4 members (excludes halogenated alkanes) is 1. The first kappa shape index (κ1) is 21.2. The van der Waals surface area contributed by atoms with E-state index in [4.69, 9.17) is 23.2 Å². The molecule has 1 fully saturated rings. The van der Waals surface area contributed by atoms with Crippen molar-refractivity contribution < 1.29 is 4.79 Å². The fourth-order valence-corrected chi connectivity index (χ4v) is 3.12. The maximum absolute atomic E-state index is 12.2. The average molecular weight is 403 g/mol. The van der Waals surface area contributed by atoms with Crippen molar-refractivity contribution in [1.29, 1.82) is 0 Å². The molecule has 9 heteroatoms. The summed E-state index contributed by atoms with van der Waals surface area (Å²) in [6, 6.07) is 4.92. The summed E-state index contributed by atoms with van der Waals surface area (Å²) < 4.78 is 0. The molecule has 0 aliphatic carbocycles. The topological polar surface area (TPSA) is 89.2 Å². The molecule has 1 aromatic rings. The van der Waals surface area contributed by atoms with Crippen LogP contribution in [0.1, 0.15) is 26.2 Å². The highest BCUT2D eigenvalue weighted by molar-refractivity contribution is 6.42. The van der Waals surface area contributed by atoms with Gasteiger partial charge < -0.3 is 21.3 Å². The number of hydrogen-bond acceptors (Lipinski definition) is 5. The molecule has 7 nitrogen and oxygen atoms in total. The van der Waals surface area contributed by atoms with Crippen LogP contribution in [-0.2, 0) is 0 Å². The second-order valence-corrected chi connectivity index (χ2v) is 7.26. The van der Waals surface area contributed by atoms with Gasteiger partial charge in [0.15, 0.2) is 0 Å². The number of urea groups is 1. The van der Waals surface area contributed by atoms with Crippen molar-refractivity contribution in [1.82, 2.24) is 26.6 Å². The first-order valence-electron chi connectivity index (χ1n) is 8.90. The molecule has 3 unspecified atom stereocenters. The van der Waals surface area contributed by atoms with Crippen LogP contribution in [0.3, 0.4) is 0 Å². The fraction of sp³-hybridized carbons (Fsp3) is 0.588. The zero-order valence-electron chi connectivity index (χ0n) is 15.2. The van der Waals surface area contributed by atoms with E-state index in [0.29, 0.717) is 15.7 Å². The lowest BCUT2D eigenvalue weighted by molar-refractivity contribution is 0.193. The molecule has 0 saturated carbocycles. The first-order valence-corrected chi connectivity index (χ1v) is 9.66. The molecule has 1 heterocycles. The van der Waals surface area contributed by atoms with Crippen molar-refractivity contribution in [3.05, 3.63) is 28.2 Å². The Morgan fingerprint density at radius 1 is 1.19 bits per heavy atom. The molecule has 1 saturated heterocycles. The molecule has 0 aromatic heterocycles. The Bertz CT molecular complexity index is 588. The number of carbonyl (C=O) groups excluding carboxylic acids is 1. The minimum atomic E-state index is -0.324. The number of amides is 2. The molecule has 0 bridgehead atoms. The number of benzene rings is 1. The number of rotatable bonds is 8. The van der Waals surface area contributed by atoms with E-state index in [2.05, 4.69) is 38.8 Å². The van der Waals surface area contributed by atoms with Crippen LogP contribution >= 0.6 is 23.2 Å². The van der Waals surface area contributed by atoms with Gasteiger partial charge in [0.2, 0.25) is 0 Å². The van der Waals surface area contributed by atoms with E-state index >= 15 is 0 Å². The van der Waals surface area contributed by atoms with Crippen molar-refractivity contribution >= 4 is 34.9 Å². The largest absolute Gasteiger partial charge is 0.321 e. The van der Waals surface area contributed by atoms with Gasteiger partial charge in [-0.15, -0.1) is 0 Å². The third kappa shape index (κ3) is 7.26. The van der Waals surface area contributed by atoms with Crippen molar-refractivity contribution in [3.8, 4) is 0 Å². The second-order valence-electron chi connectivity index (χ2n) is 6.45. The van der Waals surface area contributed by atoms with E-state index in [1.54, 1.807) is 18.2 Å². The van der Waals surface area contributed by atoms with Gasteiger partial charge in [0.1, 0.15) is 6.29 Å². The molecule has 146 valence electrons. The molecule has 1 aliphatic heterocycles. The number of anilines is 1. The van der Waals surface area contributed by atoms with E-state index in [0.717, 1.165) is 32.4 Å². The zero-order valence-corrected chi connectivity index (χ0v) is 16.7. The van der Waals surface area contributed by atoms with Gasteiger partial charge in [0.05, 0.1) is 16.2 Å². The fourth-order valence-electron chi connectivity index (χ4n) is 2.82. The minimum absolute atomic E-state index is 0.149. The third-order valence-corrected chi connectivity index (χ3v) is 4.84. The van der Waals surface area contributed by atoms with Crippen LogP contribution in [0.4, 0.5) is 10.5 Å². The van der Waals surface area contributed by atoms with Gasteiger partial charge >= 0.3 is 6.03 Å². The molecule has 1 aliphatic rings. The molecule has 0 radical (unpaired) electrons. The van der Waals surface area contributed by atoms with E-state index < -0.39 is 0 Å². The van der Waals surface area contributed by atoms with E-state index in [-0.39, 0.29) is 24.5 Å². The molecular weight excluding hydrogens is 375 g/mol. The smallest absolute Gasteiger partial charge is 0.320 e. The summed E-state index contributed by atoms with van der Waals surface area (Å²) in [6.45, 7) is 4.06. The quantitative estimate of drug-likeness (QED) is 0.375. The Hall–Kier alpha value is -1.09. The van der Waals surface area contributed by atoms with Crippen LogP contribution in [0.5, 0.6) is 0 Å². The third-order valence-electron chi connectivity index (χ3n) is 4.11. The number of hydrogen-bond donors (Lipinski definition) is 6. The minimum Gasteiger partial charge on any atom is -0.320 e. The van der Waals surface area contributed by atoms with Crippen LogP contribution in [0, 0.1) is 0 Å². The summed E-state index contributed by atoms with van der Waals surface area (Å²) in [5.41, 5.74) is 0.583. The summed E-state index contributed by atoms with van der Waals surface area (Å²) in [5, 5.41) is 19.8. The van der Waals surface area contributed by atoms with Crippen molar-refractivity contribution in [2.45, 2.75) is 44.7 Å². The summed E-state index contributed by atoms with van der Waals surface area (Å²) in [6.07, 6.45) is 3.01. The number of halogens is 2. The van der Waals surface area contributed by atoms with Gasteiger partial charge in [0.25, 0.3) is 0 Å². The predicted octanol–water partition coefficient (Wildman–Crippen LogP) is 2.29. The van der Waals surface area contributed by atoms with Gasteiger partial charge in [-0.3, -0.25) is 10.6 Å². The summed E-state index contributed by atoms with van der Waals surface area (Å²) in [4.78, 5) is 12.2. The molecule has 2 amide bonds. The summed E-state index contributed by atoms with van der Waals surface area (Å²) >= 11 is 11.9. The van der Waals surface area contributed by atoms with Gasteiger partial charge in [-0.1, -0.05) is 23.2 Å². The van der Waals surface area contributed by atoms with Gasteiger partial charge in [-0.05, 0) is 64.5 Å². The van der Waals surface area contributed by atoms with E-state index in [1.165, 1.54) is 0 Å². The maximum atomic E-state index is 12.2. The van der Waals surface area contributed by atoms with Gasteiger partial charge in [0, 0.05) is 11.7 Å². The van der Waals surface area contributed by atoms with E-state index in [1.807, 2.05) is 7.05 Å². The summed E-state index contributed by atoms with van der Waals surface area (Å²) in [5.74, 6) is 0. The van der Waals surface area contributed by atoms with Crippen LogP contribution in [0.2, 0.25) is 10.0 Å². The monoisotopic (exact) mass is 402 g/mol. The molecule has 6 N–H and O–H groups in total. The Balaban J connectivity index is 1.77. The Kier molecular flexibility index (Phi) is 8.90. The Morgan fingerprint density at radius 3 is 2.69 bits per heavy atom.